The highest BCUT2D eigenvalue weighted by atomic mass is 16.3. The molecule has 0 atom stereocenters. The van der Waals surface area contributed by atoms with Crippen molar-refractivity contribution in [2.75, 3.05) is 18.9 Å². The lowest BCUT2D eigenvalue weighted by atomic mass is 10.1. The summed E-state index contributed by atoms with van der Waals surface area (Å²) in [5.41, 5.74) is 7.80. The molecular weight excluding hydrogens is 212 g/mol. The average molecular weight is 236 g/mol. The number of benzene rings is 1. The fourth-order valence-electron chi connectivity index (χ4n) is 2.25. The molecule has 0 amide bonds. The first-order valence-corrected chi connectivity index (χ1v) is 6.40. The molecule has 96 valence electrons. The number of rotatable bonds is 7. The van der Waals surface area contributed by atoms with Gasteiger partial charge in [0.25, 0.3) is 0 Å². The summed E-state index contributed by atoms with van der Waals surface area (Å²) >= 11 is 0. The van der Waals surface area contributed by atoms with Crippen molar-refractivity contribution in [3.63, 3.8) is 0 Å². The van der Waals surface area contributed by atoms with Crippen molar-refractivity contribution >= 4 is 5.69 Å². The van der Waals surface area contributed by atoms with Crippen LogP contribution >= 0.6 is 0 Å². The minimum atomic E-state index is 0.207. The van der Waals surface area contributed by atoms with E-state index in [1.165, 1.54) is 5.56 Å². The molecule has 0 spiro atoms. The lowest BCUT2D eigenvalue weighted by Crippen LogP contribution is -2.36. The van der Waals surface area contributed by atoms with Crippen molar-refractivity contribution in [2.24, 2.45) is 0 Å². The van der Waals surface area contributed by atoms with Crippen LogP contribution in [0.1, 0.15) is 32.3 Å². The van der Waals surface area contributed by atoms with E-state index in [-0.39, 0.29) is 6.61 Å². The zero-order chi connectivity index (χ0) is 12.7. The van der Waals surface area contributed by atoms with E-state index in [0.717, 1.165) is 31.6 Å². The fraction of sp³-hybridized carbons (Fsp3) is 0.571. The number of hydrogen-bond donors (Lipinski definition) is 2. The number of anilines is 1. The molecule has 0 radical (unpaired) electrons. The molecule has 0 saturated carbocycles. The summed E-state index contributed by atoms with van der Waals surface area (Å²) in [5, 5.41) is 9.14. The predicted molar refractivity (Wildman–Crippen MR) is 72.7 cm³/mol. The minimum Gasteiger partial charge on any atom is -0.399 e. The topological polar surface area (TPSA) is 49.5 Å². The van der Waals surface area contributed by atoms with E-state index in [4.69, 9.17) is 10.8 Å². The quantitative estimate of drug-likeness (QED) is 0.714. The van der Waals surface area contributed by atoms with Crippen LogP contribution in [0.4, 0.5) is 5.69 Å². The van der Waals surface area contributed by atoms with Crippen molar-refractivity contribution < 1.29 is 5.11 Å². The summed E-state index contributed by atoms with van der Waals surface area (Å²) in [6.07, 6.45) is 2.22. The Hall–Kier alpha value is -1.06. The SMILES string of the molecule is CCC(CC)N(CCO)Cc1cccc(N)c1. The Morgan fingerprint density at radius 2 is 2.00 bits per heavy atom. The van der Waals surface area contributed by atoms with Gasteiger partial charge in [0, 0.05) is 24.8 Å². The van der Waals surface area contributed by atoms with Crippen LogP contribution < -0.4 is 5.73 Å². The molecule has 3 N–H and O–H groups in total. The van der Waals surface area contributed by atoms with Gasteiger partial charge in [0.2, 0.25) is 0 Å². The highest BCUT2D eigenvalue weighted by Gasteiger charge is 2.14. The summed E-state index contributed by atoms with van der Waals surface area (Å²) in [6, 6.07) is 8.50. The second kappa shape index (κ2) is 7.30. The number of nitrogen functional groups attached to an aromatic ring is 1. The number of nitrogens with two attached hydrogens (primary N) is 1. The van der Waals surface area contributed by atoms with E-state index in [9.17, 15) is 0 Å². The average Bonchev–Trinajstić information content (AvgIpc) is 2.31. The molecule has 17 heavy (non-hydrogen) atoms. The molecule has 1 rings (SSSR count). The van der Waals surface area contributed by atoms with Crippen LogP contribution in [0.15, 0.2) is 24.3 Å². The van der Waals surface area contributed by atoms with Crippen molar-refractivity contribution in [3.8, 4) is 0 Å². The molecule has 3 nitrogen and oxygen atoms in total. The number of aliphatic hydroxyl groups is 1. The largest absolute Gasteiger partial charge is 0.399 e. The maximum absolute atomic E-state index is 9.14. The van der Waals surface area contributed by atoms with Gasteiger partial charge in [-0.25, -0.2) is 0 Å². The highest BCUT2D eigenvalue weighted by Crippen LogP contribution is 2.15. The Kier molecular flexibility index (Phi) is 6.01. The van der Waals surface area contributed by atoms with Gasteiger partial charge >= 0.3 is 0 Å². The van der Waals surface area contributed by atoms with Gasteiger partial charge in [-0.05, 0) is 30.5 Å². The van der Waals surface area contributed by atoms with E-state index in [1.807, 2.05) is 18.2 Å². The summed E-state index contributed by atoms with van der Waals surface area (Å²) in [5.74, 6) is 0. The van der Waals surface area contributed by atoms with E-state index in [1.54, 1.807) is 0 Å². The first-order valence-electron chi connectivity index (χ1n) is 6.40. The fourth-order valence-corrected chi connectivity index (χ4v) is 2.25. The van der Waals surface area contributed by atoms with Crippen LogP contribution in [-0.4, -0.2) is 29.2 Å². The molecule has 0 heterocycles. The molecule has 0 aliphatic heterocycles. The van der Waals surface area contributed by atoms with Crippen molar-refractivity contribution in [1.29, 1.82) is 0 Å². The molecule has 0 bridgehead atoms. The maximum Gasteiger partial charge on any atom is 0.0558 e. The van der Waals surface area contributed by atoms with Crippen LogP contribution in [0, 0.1) is 0 Å². The molecule has 0 fully saturated rings. The van der Waals surface area contributed by atoms with E-state index in [2.05, 4.69) is 24.8 Å². The Bertz CT molecular complexity index is 324. The normalized spacial score (nSPS) is 11.4. The third-order valence-corrected chi connectivity index (χ3v) is 3.18. The molecule has 0 saturated heterocycles. The van der Waals surface area contributed by atoms with Crippen molar-refractivity contribution in [2.45, 2.75) is 39.3 Å². The monoisotopic (exact) mass is 236 g/mol. The minimum absolute atomic E-state index is 0.207. The van der Waals surface area contributed by atoms with Crippen LogP contribution in [0.2, 0.25) is 0 Å². The van der Waals surface area contributed by atoms with Crippen LogP contribution in [-0.2, 0) is 6.54 Å². The summed E-state index contributed by atoms with van der Waals surface area (Å²) < 4.78 is 0. The first kappa shape index (κ1) is 14.0. The lowest BCUT2D eigenvalue weighted by molar-refractivity contribution is 0.136. The Balaban J connectivity index is 2.71. The standard InChI is InChI=1S/C14H24N2O/c1-3-14(4-2)16(8-9-17)11-12-6-5-7-13(15)10-12/h5-7,10,14,17H,3-4,8-9,11,15H2,1-2H3. The molecule has 1 aromatic carbocycles. The second-order valence-corrected chi connectivity index (χ2v) is 4.41. The predicted octanol–water partition coefficient (Wildman–Crippen LogP) is 2.25. The van der Waals surface area contributed by atoms with Crippen molar-refractivity contribution in [1.82, 2.24) is 4.90 Å². The summed E-state index contributed by atoms with van der Waals surface area (Å²) in [4.78, 5) is 2.33. The summed E-state index contributed by atoms with van der Waals surface area (Å²) in [7, 11) is 0. The molecule has 3 heteroatoms. The Labute approximate surface area is 104 Å². The highest BCUT2D eigenvalue weighted by molar-refractivity contribution is 5.40. The molecule has 0 aliphatic rings. The van der Waals surface area contributed by atoms with Crippen LogP contribution in [0.25, 0.3) is 0 Å². The Morgan fingerprint density at radius 1 is 1.29 bits per heavy atom. The van der Waals surface area contributed by atoms with Gasteiger partial charge in [-0.3, -0.25) is 4.90 Å². The van der Waals surface area contributed by atoms with Gasteiger partial charge in [0.1, 0.15) is 0 Å². The van der Waals surface area contributed by atoms with Gasteiger partial charge in [-0.15, -0.1) is 0 Å². The Morgan fingerprint density at radius 3 is 2.53 bits per heavy atom. The van der Waals surface area contributed by atoms with Crippen molar-refractivity contribution in [3.05, 3.63) is 29.8 Å². The zero-order valence-corrected chi connectivity index (χ0v) is 10.9. The third kappa shape index (κ3) is 4.36. The molecular formula is C14H24N2O. The van der Waals surface area contributed by atoms with E-state index in [0.29, 0.717) is 6.04 Å². The van der Waals surface area contributed by atoms with Gasteiger partial charge in [-0.1, -0.05) is 26.0 Å². The molecule has 0 aromatic heterocycles. The third-order valence-electron chi connectivity index (χ3n) is 3.18. The lowest BCUT2D eigenvalue weighted by Gasteiger charge is -2.29. The maximum atomic E-state index is 9.14. The van der Waals surface area contributed by atoms with E-state index < -0.39 is 0 Å². The second-order valence-electron chi connectivity index (χ2n) is 4.41. The van der Waals surface area contributed by atoms with Gasteiger partial charge < -0.3 is 10.8 Å². The van der Waals surface area contributed by atoms with E-state index >= 15 is 0 Å². The number of hydrogen-bond acceptors (Lipinski definition) is 3. The number of nitrogens with zero attached hydrogens (tertiary/aromatic N) is 1. The number of aliphatic hydroxyl groups excluding tert-OH is 1. The van der Waals surface area contributed by atoms with Gasteiger partial charge in [0.05, 0.1) is 6.61 Å². The van der Waals surface area contributed by atoms with Gasteiger partial charge in [-0.2, -0.15) is 0 Å². The van der Waals surface area contributed by atoms with Gasteiger partial charge in [0.15, 0.2) is 0 Å². The smallest absolute Gasteiger partial charge is 0.0558 e. The molecule has 0 aliphatic carbocycles. The molecule has 0 unspecified atom stereocenters. The first-order chi connectivity index (χ1) is 8.21. The molecule has 1 aromatic rings. The van der Waals surface area contributed by atoms with Crippen LogP contribution in [0.5, 0.6) is 0 Å². The zero-order valence-electron chi connectivity index (χ0n) is 10.9. The van der Waals surface area contributed by atoms with Crippen LogP contribution in [0.3, 0.4) is 0 Å². The summed E-state index contributed by atoms with van der Waals surface area (Å²) in [6.45, 7) is 6.17.